The Morgan fingerprint density at radius 1 is 1.32 bits per heavy atom. The van der Waals surface area contributed by atoms with Gasteiger partial charge in [-0.15, -0.1) is 0 Å². The Hall–Kier alpha value is -1.28. The lowest BCUT2D eigenvalue weighted by atomic mass is 9.54. The average molecular weight is 255 g/mol. The predicted octanol–water partition coefficient (Wildman–Crippen LogP) is 3.16. The van der Waals surface area contributed by atoms with E-state index in [0.717, 1.165) is 0 Å². The minimum absolute atomic E-state index is 0.290. The summed E-state index contributed by atoms with van der Waals surface area (Å²) in [7, 11) is 2.27. The van der Waals surface area contributed by atoms with Crippen LogP contribution in [0.25, 0.3) is 6.08 Å². The van der Waals surface area contributed by atoms with Gasteiger partial charge < -0.3 is 10.0 Å². The first-order valence-electron chi connectivity index (χ1n) is 7.43. The van der Waals surface area contributed by atoms with Gasteiger partial charge in [-0.2, -0.15) is 0 Å². The Morgan fingerprint density at radius 2 is 2.21 bits per heavy atom. The van der Waals surface area contributed by atoms with Crippen molar-refractivity contribution in [2.24, 2.45) is 5.92 Å². The van der Waals surface area contributed by atoms with Crippen molar-refractivity contribution < 1.29 is 5.11 Å². The monoisotopic (exact) mass is 255 g/mol. The number of phenols is 1. The highest BCUT2D eigenvalue weighted by Gasteiger charge is 2.51. The third kappa shape index (κ3) is 1.47. The number of phenolic OH excluding ortho intramolecular Hbond substituents is 1. The van der Waals surface area contributed by atoms with Crippen molar-refractivity contribution in [3.05, 3.63) is 35.4 Å². The number of likely N-dealkylation sites (tertiary alicyclic amines) is 1. The minimum Gasteiger partial charge on any atom is -0.508 e. The molecule has 4 rings (SSSR count). The highest BCUT2D eigenvalue weighted by atomic mass is 16.3. The van der Waals surface area contributed by atoms with Gasteiger partial charge in [0.1, 0.15) is 5.75 Å². The van der Waals surface area contributed by atoms with Crippen molar-refractivity contribution in [3.8, 4) is 5.75 Å². The van der Waals surface area contributed by atoms with Gasteiger partial charge in [-0.3, -0.25) is 0 Å². The fraction of sp³-hybridized carbons (Fsp3) is 0.529. The molecule has 0 spiro atoms. The molecule has 2 aliphatic carbocycles. The van der Waals surface area contributed by atoms with Crippen molar-refractivity contribution in [2.75, 3.05) is 13.6 Å². The van der Waals surface area contributed by atoms with Crippen molar-refractivity contribution >= 4 is 6.08 Å². The summed E-state index contributed by atoms with van der Waals surface area (Å²) in [5.74, 6) is 1.05. The first-order chi connectivity index (χ1) is 9.21. The van der Waals surface area contributed by atoms with Crippen LogP contribution in [0.3, 0.4) is 0 Å². The summed E-state index contributed by atoms with van der Waals surface area (Å²) in [6.45, 7) is 1.18. The van der Waals surface area contributed by atoms with Gasteiger partial charge in [-0.1, -0.05) is 24.6 Å². The van der Waals surface area contributed by atoms with Crippen LogP contribution in [0.1, 0.15) is 36.8 Å². The normalized spacial score (nSPS) is 36.7. The molecule has 1 heterocycles. The number of hydrogen-bond donors (Lipinski definition) is 1. The summed E-state index contributed by atoms with van der Waals surface area (Å²) in [6, 6.07) is 6.61. The average Bonchev–Trinajstić information content (AvgIpc) is 2.42. The zero-order valence-corrected chi connectivity index (χ0v) is 11.5. The Morgan fingerprint density at radius 3 is 3.11 bits per heavy atom. The zero-order valence-electron chi connectivity index (χ0n) is 11.5. The van der Waals surface area contributed by atoms with Crippen LogP contribution in [-0.2, 0) is 5.41 Å². The highest BCUT2D eigenvalue weighted by molar-refractivity contribution is 5.62. The number of fused-ring (bicyclic) bond motifs is 1. The zero-order chi connectivity index (χ0) is 13.0. The minimum atomic E-state index is 0.290. The number of rotatable bonds is 0. The van der Waals surface area contributed by atoms with Gasteiger partial charge >= 0.3 is 0 Å². The lowest BCUT2D eigenvalue weighted by molar-refractivity contribution is 0.0265. The van der Waals surface area contributed by atoms with E-state index in [1.165, 1.54) is 43.4 Å². The molecule has 0 aromatic heterocycles. The first kappa shape index (κ1) is 11.5. The highest BCUT2D eigenvalue weighted by Crippen LogP contribution is 2.54. The maximum absolute atomic E-state index is 9.89. The Kier molecular flexibility index (Phi) is 2.34. The second-order valence-corrected chi connectivity index (χ2v) is 6.50. The van der Waals surface area contributed by atoms with Crippen LogP contribution in [-0.4, -0.2) is 29.6 Å². The van der Waals surface area contributed by atoms with E-state index in [9.17, 15) is 5.11 Å². The Balaban J connectivity index is 1.90. The summed E-state index contributed by atoms with van der Waals surface area (Å²) in [6.07, 6.45) is 9.86. The van der Waals surface area contributed by atoms with Crippen LogP contribution in [0.4, 0.5) is 0 Å². The van der Waals surface area contributed by atoms with Crippen LogP contribution >= 0.6 is 0 Å². The van der Waals surface area contributed by atoms with Crippen molar-refractivity contribution in [1.29, 1.82) is 0 Å². The SMILES string of the molecule is CN1CC[C@]23CCC[C@H]1[C@H]2C=Cc1ccc(O)cc13. The third-order valence-corrected chi connectivity index (χ3v) is 5.71. The fourth-order valence-electron chi connectivity index (χ4n) is 4.76. The van der Waals surface area contributed by atoms with Gasteiger partial charge in [0.05, 0.1) is 0 Å². The predicted molar refractivity (Wildman–Crippen MR) is 77.2 cm³/mol. The first-order valence-corrected chi connectivity index (χ1v) is 7.43. The molecule has 1 saturated carbocycles. The van der Waals surface area contributed by atoms with Crippen molar-refractivity contribution in [3.63, 3.8) is 0 Å². The molecule has 19 heavy (non-hydrogen) atoms. The van der Waals surface area contributed by atoms with Crippen LogP contribution in [0, 0.1) is 5.92 Å². The number of nitrogens with zero attached hydrogens (tertiary/aromatic N) is 1. The topological polar surface area (TPSA) is 23.5 Å². The van der Waals surface area contributed by atoms with Crippen LogP contribution in [0.2, 0.25) is 0 Å². The van der Waals surface area contributed by atoms with E-state index in [0.29, 0.717) is 17.7 Å². The second kappa shape index (κ2) is 3.86. The molecule has 1 saturated heterocycles. The molecule has 1 aromatic carbocycles. The molecule has 1 aromatic rings. The molecule has 1 aliphatic heterocycles. The standard InChI is InChI=1S/C17H21NO/c1-18-10-9-17-8-2-3-16(18)14(17)7-5-12-4-6-13(19)11-15(12)17/h4-7,11,14,16,19H,2-3,8-10H2,1H3/t14-,16+,17-/m1/s1. The molecule has 2 heteroatoms. The summed E-state index contributed by atoms with van der Waals surface area (Å²) >= 11 is 0. The van der Waals surface area contributed by atoms with Gasteiger partial charge in [-0.25, -0.2) is 0 Å². The molecule has 2 fully saturated rings. The molecule has 2 bridgehead atoms. The van der Waals surface area contributed by atoms with E-state index in [1.807, 2.05) is 12.1 Å². The van der Waals surface area contributed by atoms with Crippen LogP contribution < -0.4 is 0 Å². The van der Waals surface area contributed by atoms with Gasteiger partial charge in [0.25, 0.3) is 0 Å². The summed E-state index contributed by atoms with van der Waals surface area (Å²) in [4.78, 5) is 2.54. The molecule has 3 atom stereocenters. The third-order valence-electron chi connectivity index (χ3n) is 5.71. The molecule has 0 radical (unpaired) electrons. The van der Waals surface area contributed by atoms with Crippen LogP contribution in [0.5, 0.6) is 5.75 Å². The molecule has 0 amide bonds. The van der Waals surface area contributed by atoms with E-state index in [2.05, 4.69) is 30.2 Å². The van der Waals surface area contributed by atoms with E-state index in [4.69, 9.17) is 0 Å². The number of piperidine rings is 1. The molecule has 2 nitrogen and oxygen atoms in total. The van der Waals surface area contributed by atoms with Gasteiger partial charge in [-0.05, 0) is 56.1 Å². The summed E-state index contributed by atoms with van der Waals surface area (Å²) in [5.41, 5.74) is 3.01. The molecular weight excluding hydrogens is 234 g/mol. The van der Waals surface area contributed by atoms with E-state index >= 15 is 0 Å². The number of aromatic hydroxyl groups is 1. The molecule has 3 aliphatic rings. The largest absolute Gasteiger partial charge is 0.508 e. The second-order valence-electron chi connectivity index (χ2n) is 6.50. The molecule has 0 unspecified atom stereocenters. The summed E-state index contributed by atoms with van der Waals surface area (Å²) in [5, 5.41) is 9.89. The smallest absolute Gasteiger partial charge is 0.115 e. The molecule has 1 N–H and O–H groups in total. The Bertz CT molecular complexity index is 550. The van der Waals surface area contributed by atoms with Gasteiger partial charge in [0, 0.05) is 17.4 Å². The van der Waals surface area contributed by atoms with Crippen LogP contribution in [0.15, 0.2) is 24.3 Å². The lowest BCUT2D eigenvalue weighted by Gasteiger charge is -2.56. The number of benzene rings is 1. The summed E-state index contributed by atoms with van der Waals surface area (Å²) < 4.78 is 0. The quantitative estimate of drug-likeness (QED) is 0.769. The lowest BCUT2D eigenvalue weighted by Crippen LogP contribution is -2.57. The molecule has 100 valence electrons. The maximum Gasteiger partial charge on any atom is 0.115 e. The fourth-order valence-corrected chi connectivity index (χ4v) is 4.76. The molecular formula is C17H21NO. The number of hydrogen-bond acceptors (Lipinski definition) is 2. The van der Waals surface area contributed by atoms with Gasteiger partial charge in [0.15, 0.2) is 0 Å². The maximum atomic E-state index is 9.89. The van der Waals surface area contributed by atoms with E-state index in [1.54, 1.807) is 0 Å². The Labute approximate surface area is 114 Å². The van der Waals surface area contributed by atoms with Gasteiger partial charge in [0.2, 0.25) is 0 Å². The van der Waals surface area contributed by atoms with E-state index < -0.39 is 0 Å². The van der Waals surface area contributed by atoms with E-state index in [-0.39, 0.29) is 5.41 Å². The van der Waals surface area contributed by atoms with Crippen molar-refractivity contribution in [1.82, 2.24) is 4.90 Å². The van der Waals surface area contributed by atoms with Crippen molar-refractivity contribution in [2.45, 2.75) is 37.1 Å².